The minimum atomic E-state index is 0.219. The first-order valence-electron chi connectivity index (χ1n) is 7.31. The molecule has 1 heterocycles. The molecule has 0 atom stereocenters. The van der Waals surface area contributed by atoms with Crippen molar-refractivity contribution in [3.63, 3.8) is 0 Å². The number of carbonyl (C=O) groups is 1. The second-order valence-corrected chi connectivity index (χ2v) is 5.91. The van der Waals surface area contributed by atoms with Crippen LogP contribution in [0.15, 0.2) is 0 Å². The van der Waals surface area contributed by atoms with Gasteiger partial charge in [0.05, 0.1) is 0 Å². The first-order valence-corrected chi connectivity index (χ1v) is 7.31. The molecule has 0 spiro atoms. The number of hydrogen-bond donors (Lipinski definition) is 0. The fourth-order valence-corrected chi connectivity index (χ4v) is 2.81. The van der Waals surface area contributed by atoms with E-state index in [1.54, 1.807) is 6.92 Å². The number of amides is 1. The molecule has 0 aromatic carbocycles. The van der Waals surface area contributed by atoms with Gasteiger partial charge in [-0.25, -0.2) is 0 Å². The highest BCUT2D eigenvalue weighted by Gasteiger charge is 2.30. The van der Waals surface area contributed by atoms with E-state index in [0.717, 1.165) is 38.8 Å². The number of hydrogen-bond acceptors (Lipinski definition) is 3. The molecule has 1 amide bonds. The third-order valence-corrected chi connectivity index (χ3v) is 4.17. The van der Waals surface area contributed by atoms with Crippen LogP contribution in [-0.4, -0.2) is 72.0 Å². The van der Waals surface area contributed by atoms with E-state index in [0.29, 0.717) is 6.04 Å². The number of piperazine rings is 1. The van der Waals surface area contributed by atoms with Gasteiger partial charge in [-0.05, 0) is 26.7 Å². The maximum atomic E-state index is 11.3. The first-order chi connectivity index (χ1) is 8.58. The average Bonchev–Trinajstić information content (AvgIpc) is 3.14. The van der Waals surface area contributed by atoms with Crippen LogP contribution in [-0.2, 0) is 4.79 Å². The zero-order valence-corrected chi connectivity index (χ0v) is 12.1. The zero-order chi connectivity index (χ0) is 13.1. The molecule has 1 saturated heterocycles. The Morgan fingerprint density at radius 1 is 1.22 bits per heavy atom. The zero-order valence-electron chi connectivity index (χ0n) is 12.1. The highest BCUT2D eigenvalue weighted by Crippen LogP contribution is 2.28. The molecule has 0 aromatic rings. The summed E-state index contributed by atoms with van der Waals surface area (Å²) in [6.07, 6.45) is 2.77. The van der Waals surface area contributed by atoms with Gasteiger partial charge >= 0.3 is 0 Å². The molecule has 0 N–H and O–H groups in total. The van der Waals surface area contributed by atoms with E-state index in [-0.39, 0.29) is 5.91 Å². The van der Waals surface area contributed by atoms with Crippen molar-refractivity contribution in [1.82, 2.24) is 14.7 Å². The van der Waals surface area contributed by atoms with Crippen LogP contribution >= 0.6 is 0 Å². The molecule has 1 aliphatic heterocycles. The van der Waals surface area contributed by atoms with Crippen LogP contribution in [0.2, 0.25) is 0 Å². The van der Waals surface area contributed by atoms with E-state index >= 15 is 0 Å². The van der Waals surface area contributed by atoms with Gasteiger partial charge in [0.15, 0.2) is 0 Å². The Labute approximate surface area is 111 Å². The van der Waals surface area contributed by atoms with Crippen molar-refractivity contribution >= 4 is 5.91 Å². The van der Waals surface area contributed by atoms with Crippen LogP contribution in [0.4, 0.5) is 0 Å². The van der Waals surface area contributed by atoms with Crippen molar-refractivity contribution in [3.05, 3.63) is 0 Å². The summed E-state index contributed by atoms with van der Waals surface area (Å²) in [6.45, 7) is 12.5. The summed E-state index contributed by atoms with van der Waals surface area (Å²) in [6, 6.07) is 1.51. The molecule has 18 heavy (non-hydrogen) atoms. The molecule has 104 valence electrons. The van der Waals surface area contributed by atoms with E-state index in [1.807, 2.05) is 4.90 Å². The summed E-state index contributed by atoms with van der Waals surface area (Å²) in [5.74, 6) is 0.219. The minimum Gasteiger partial charge on any atom is -0.340 e. The number of nitrogens with zero attached hydrogens (tertiary/aromatic N) is 3. The van der Waals surface area contributed by atoms with Crippen molar-refractivity contribution in [2.24, 2.45) is 0 Å². The summed E-state index contributed by atoms with van der Waals surface area (Å²) in [5.41, 5.74) is 0. The molecular weight excluding hydrogens is 226 g/mol. The van der Waals surface area contributed by atoms with Gasteiger partial charge in [-0.2, -0.15) is 0 Å². The Kier molecular flexibility index (Phi) is 4.62. The lowest BCUT2D eigenvalue weighted by Gasteiger charge is -2.36. The van der Waals surface area contributed by atoms with Crippen LogP contribution in [0.25, 0.3) is 0 Å². The van der Waals surface area contributed by atoms with Crippen LogP contribution in [0, 0.1) is 0 Å². The average molecular weight is 253 g/mol. The summed E-state index contributed by atoms with van der Waals surface area (Å²) >= 11 is 0. The second kappa shape index (κ2) is 6.02. The van der Waals surface area contributed by atoms with Crippen LogP contribution in [0.3, 0.4) is 0 Å². The van der Waals surface area contributed by atoms with Gasteiger partial charge in [0.1, 0.15) is 0 Å². The van der Waals surface area contributed by atoms with Crippen molar-refractivity contribution < 1.29 is 4.79 Å². The normalized spacial score (nSPS) is 21.9. The highest BCUT2D eigenvalue weighted by molar-refractivity contribution is 5.73. The molecule has 2 fully saturated rings. The second-order valence-electron chi connectivity index (χ2n) is 5.91. The highest BCUT2D eigenvalue weighted by atomic mass is 16.2. The van der Waals surface area contributed by atoms with Crippen molar-refractivity contribution in [2.45, 2.75) is 45.7 Å². The van der Waals surface area contributed by atoms with Crippen LogP contribution in [0.1, 0.15) is 33.6 Å². The number of rotatable bonds is 5. The van der Waals surface area contributed by atoms with E-state index in [9.17, 15) is 4.79 Å². The van der Waals surface area contributed by atoms with Gasteiger partial charge in [-0.3, -0.25) is 14.6 Å². The molecule has 0 radical (unpaired) electrons. The Hall–Kier alpha value is -0.610. The SMILES string of the molecule is CC(=O)N1CCN(CCN(C(C)C)C2CC2)CC1. The molecule has 4 heteroatoms. The lowest BCUT2D eigenvalue weighted by Crippen LogP contribution is -2.50. The Morgan fingerprint density at radius 3 is 2.28 bits per heavy atom. The first kappa shape index (κ1) is 13.8. The van der Waals surface area contributed by atoms with Crippen LogP contribution in [0.5, 0.6) is 0 Å². The fraction of sp³-hybridized carbons (Fsp3) is 0.929. The third-order valence-electron chi connectivity index (χ3n) is 4.17. The Morgan fingerprint density at radius 2 is 1.83 bits per heavy atom. The number of carbonyl (C=O) groups excluding carboxylic acids is 1. The molecule has 4 nitrogen and oxygen atoms in total. The van der Waals surface area contributed by atoms with Gasteiger partial charge in [0, 0.05) is 58.3 Å². The van der Waals surface area contributed by atoms with Crippen molar-refractivity contribution in [1.29, 1.82) is 0 Å². The fourth-order valence-electron chi connectivity index (χ4n) is 2.81. The van der Waals surface area contributed by atoms with E-state index in [2.05, 4.69) is 23.6 Å². The predicted molar refractivity (Wildman–Crippen MR) is 73.6 cm³/mol. The molecule has 2 rings (SSSR count). The largest absolute Gasteiger partial charge is 0.340 e. The smallest absolute Gasteiger partial charge is 0.219 e. The van der Waals surface area contributed by atoms with E-state index < -0.39 is 0 Å². The summed E-state index contributed by atoms with van der Waals surface area (Å²) < 4.78 is 0. The van der Waals surface area contributed by atoms with Crippen LogP contribution < -0.4 is 0 Å². The third kappa shape index (κ3) is 3.69. The molecule has 1 aliphatic carbocycles. The predicted octanol–water partition coefficient (Wildman–Crippen LogP) is 1.02. The molecule has 0 unspecified atom stereocenters. The van der Waals surface area contributed by atoms with E-state index in [1.165, 1.54) is 19.4 Å². The summed E-state index contributed by atoms with van der Waals surface area (Å²) in [7, 11) is 0. The van der Waals surface area contributed by atoms with Gasteiger partial charge in [-0.15, -0.1) is 0 Å². The molecule has 1 saturated carbocycles. The Bertz CT molecular complexity index is 279. The van der Waals surface area contributed by atoms with Gasteiger partial charge < -0.3 is 4.90 Å². The summed E-state index contributed by atoms with van der Waals surface area (Å²) in [5, 5.41) is 0. The van der Waals surface area contributed by atoms with Crippen molar-refractivity contribution in [2.75, 3.05) is 39.3 Å². The lowest BCUT2D eigenvalue weighted by molar-refractivity contribution is -0.130. The van der Waals surface area contributed by atoms with Gasteiger partial charge in [0.25, 0.3) is 0 Å². The Balaban J connectivity index is 1.69. The maximum Gasteiger partial charge on any atom is 0.219 e. The molecule has 2 aliphatic rings. The monoisotopic (exact) mass is 253 g/mol. The van der Waals surface area contributed by atoms with Gasteiger partial charge in [0.2, 0.25) is 5.91 Å². The van der Waals surface area contributed by atoms with E-state index in [4.69, 9.17) is 0 Å². The minimum absolute atomic E-state index is 0.219. The molecule has 0 aromatic heterocycles. The standard InChI is InChI=1S/C14H27N3O/c1-12(2)17(14-4-5-14)11-8-15-6-9-16(10-7-15)13(3)18/h12,14H,4-11H2,1-3H3. The lowest BCUT2D eigenvalue weighted by atomic mass is 10.2. The molecule has 0 bridgehead atoms. The molecular formula is C14H27N3O. The van der Waals surface area contributed by atoms with Crippen molar-refractivity contribution in [3.8, 4) is 0 Å². The summed E-state index contributed by atoms with van der Waals surface area (Å²) in [4.78, 5) is 18.3. The maximum absolute atomic E-state index is 11.3. The van der Waals surface area contributed by atoms with Gasteiger partial charge in [-0.1, -0.05) is 0 Å². The quantitative estimate of drug-likeness (QED) is 0.732. The topological polar surface area (TPSA) is 26.8 Å².